The van der Waals surface area contributed by atoms with E-state index in [-0.39, 0.29) is 19.4 Å². The Labute approximate surface area is 184 Å². The van der Waals surface area contributed by atoms with Crippen molar-refractivity contribution in [1.29, 1.82) is 0 Å². The second-order valence-electron chi connectivity index (χ2n) is 6.53. The Bertz CT molecular complexity index is 1040. The number of amides is 1. The van der Waals surface area contributed by atoms with Crippen LogP contribution >= 0.6 is 11.8 Å². The highest BCUT2D eigenvalue weighted by atomic mass is 32.2. The molecule has 9 heteroatoms. The van der Waals surface area contributed by atoms with E-state index in [4.69, 9.17) is 23.7 Å². The fourth-order valence-corrected chi connectivity index (χ4v) is 4.05. The molecule has 2 aromatic rings. The first-order chi connectivity index (χ1) is 15.1. The first-order valence-corrected chi connectivity index (χ1v) is 10.4. The molecule has 31 heavy (non-hydrogen) atoms. The average Bonchev–Trinajstić information content (AvgIpc) is 3.34. The second kappa shape index (κ2) is 9.32. The maximum Gasteiger partial charge on any atom is 0.268 e. The minimum absolute atomic E-state index is 0.0949. The number of fused-ring (bicyclic) bond motifs is 1. The van der Waals surface area contributed by atoms with Gasteiger partial charge in [0.05, 0.1) is 24.3 Å². The van der Waals surface area contributed by atoms with Crippen LogP contribution in [0.4, 0.5) is 5.69 Å². The summed E-state index contributed by atoms with van der Waals surface area (Å²) in [5, 5.41) is 0.530. The van der Waals surface area contributed by atoms with Crippen molar-refractivity contribution in [2.75, 3.05) is 34.4 Å². The summed E-state index contributed by atoms with van der Waals surface area (Å²) in [6, 6.07) is 10.9. The number of thioether (sulfide) groups is 1. The summed E-state index contributed by atoms with van der Waals surface area (Å²) in [5.74, 6) is 2.40. The SMILES string of the molecule is CCOc1cc2c(cc1/C=C1/SC(=Nc3ccc(OC)cc3)N(COC)C1=O)OCO2. The summed E-state index contributed by atoms with van der Waals surface area (Å²) in [5.41, 5.74) is 1.43. The van der Waals surface area contributed by atoms with Crippen molar-refractivity contribution < 1.29 is 28.5 Å². The van der Waals surface area contributed by atoms with E-state index >= 15 is 0 Å². The molecule has 0 aromatic heterocycles. The Morgan fingerprint density at radius 2 is 1.90 bits per heavy atom. The van der Waals surface area contributed by atoms with Crippen molar-refractivity contribution >= 4 is 34.6 Å². The van der Waals surface area contributed by atoms with Crippen LogP contribution in [0.15, 0.2) is 46.3 Å². The average molecular weight is 442 g/mol. The molecule has 1 saturated heterocycles. The van der Waals surface area contributed by atoms with Crippen LogP contribution in [0.3, 0.4) is 0 Å². The number of hydrogen-bond acceptors (Lipinski definition) is 8. The van der Waals surface area contributed by atoms with Gasteiger partial charge in [-0.3, -0.25) is 9.69 Å². The van der Waals surface area contributed by atoms with Crippen LogP contribution in [0.2, 0.25) is 0 Å². The Morgan fingerprint density at radius 3 is 2.58 bits per heavy atom. The zero-order valence-corrected chi connectivity index (χ0v) is 18.2. The smallest absolute Gasteiger partial charge is 0.268 e. The molecule has 4 rings (SSSR count). The van der Waals surface area contributed by atoms with Crippen molar-refractivity contribution in [2.24, 2.45) is 4.99 Å². The fourth-order valence-electron chi connectivity index (χ4n) is 3.08. The third-order valence-corrected chi connectivity index (χ3v) is 5.54. The second-order valence-corrected chi connectivity index (χ2v) is 7.54. The van der Waals surface area contributed by atoms with Crippen LogP contribution in [0, 0.1) is 0 Å². The van der Waals surface area contributed by atoms with Crippen LogP contribution < -0.4 is 18.9 Å². The van der Waals surface area contributed by atoms with E-state index < -0.39 is 0 Å². The van der Waals surface area contributed by atoms with E-state index in [1.54, 1.807) is 19.3 Å². The minimum atomic E-state index is -0.195. The van der Waals surface area contributed by atoms with Crippen molar-refractivity contribution in [3.63, 3.8) is 0 Å². The quantitative estimate of drug-likeness (QED) is 0.599. The highest BCUT2D eigenvalue weighted by Gasteiger charge is 2.34. The number of methoxy groups -OCH3 is 2. The lowest BCUT2D eigenvalue weighted by molar-refractivity contribution is -0.125. The van der Waals surface area contributed by atoms with Gasteiger partial charge < -0.3 is 23.7 Å². The van der Waals surface area contributed by atoms with Gasteiger partial charge in [0.25, 0.3) is 5.91 Å². The highest BCUT2D eigenvalue weighted by Crippen LogP contribution is 2.41. The number of carbonyl (C=O) groups excluding carboxylic acids is 1. The molecule has 0 aliphatic carbocycles. The molecular formula is C22H22N2O6S. The molecule has 162 valence electrons. The van der Waals surface area contributed by atoms with Gasteiger partial charge in [0.1, 0.15) is 18.2 Å². The molecule has 2 aromatic carbocycles. The Kier molecular flexibility index (Phi) is 6.34. The summed E-state index contributed by atoms with van der Waals surface area (Å²) < 4.78 is 27.1. The Morgan fingerprint density at radius 1 is 1.16 bits per heavy atom. The fraction of sp³-hybridized carbons (Fsp3) is 0.273. The maximum atomic E-state index is 13.1. The summed E-state index contributed by atoms with van der Waals surface area (Å²) >= 11 is 1.28. The first kappa shape index (κ1) is 21.1. The Balaban J connectivity index is 1.68. The van der Waals surface area contributed by atoms with Gasteiger partial charge in [-0.25, -0.2) is 4.99 Å². The van der Waals surface area contributed by atoms with Gasteiger partial charge in [0, 0.05) is 18.7 Å². The molecule has 0 saturated carbocycles. The zero-order chi connectivity index (χ0) is 21.8. The lowest BCUT2D eigenvalue weighted by Gasteiger charge is -2.13. The summed E-state index contributed by atoms with van der Waals surface area (Å²) in [6.45, 7) is 2.64. The topological polar surface area (TPSA) is 78.8 Å². The molecule has 8 nitrogen and oxygen atoms in total. The van der Waals surface area contributed by atoms with Crippen LogP contribution in [-0.4, -0.2) is 50.3 Å². The molecule has 0 unspecified atom stereocenters. The molecule has 0 atom stereocenters. The number of carbonyl (C=O) groups is 1. The number of aliphatic imine (C=N–C) groups is 1. The van der Waals surface area contributed by atoms with Gasteiger partial charge in [-0.1, -0.05) is 0 Å². The van der Waals surface area contributed by atoms with E-state index in [2.05, 4.69) is 4.99 Å². The van der Waals surface area contributed by atoms with Crippen molar-refractivity contribution in [3.8, 4) is 23.0 Å². The van der Waals surface area contributed by atoms with Gasteiger partial charge in [-0.05, 0) is 55.1 Å². The van der Waals surface area contributed by atoms with Crippen LogP contribution in [-0.2, 0) is 9.53 Å². The number of ether oxygens (including phenoxy) is 5. The third-order valence-electron chi connectivity index (χ3n) is 4.53. The van der Waals surface area contributed by atoms with Gasteiger partial charge in [-0.2, -0.15) is 0 Å². The van der Waals surface area contributed by atoms with E-state index in [0.29, 0.717) is 39.6 Å². The minimum Gasteiger partial charge on any atom is -0.497 e. The van der Waals surface area contributed by atoms with Gasteiger partial charge >= 0.3 is 0 Å². The number of nitrogens with zero attached hydrogens (tertiary/aromatic N) is 2. The molecular weight excluding hydrogens is 420 g/mol. The summed E-state index contributed by atoms with van der Waals surface area (Å²) in [7, 11) is 3.14. The van der Waals surface area contributed by atoms with Crippen molar-refractivity contribution in [3.05, 3.63) is 46.9 Å². The molecule has 1 fully saturated rings. The predicted octanol–water partition coefficient (Wildman–Crippen LogP) is 4.03. The van der Waals surface area contributed by atoms with Crippen LogP contribution in [0.25, 0.3) is 6.08 Å². The molecule has 0 bridgehead atoms. The van der Waals surface area contributed by atoms with E-state index in [9.17, 15) is 4.79 Å². The van der Waals surface area contributed by atoms with Crippen molar-refractivity contribution in [2.45, 2.75) is 6.92 Å². The number of rotatable bonds is 7. The van der Waals surface area contributed by atoms with Crippen LogP contribution in [0.5, 0.6) is 23.0 Å². The maximum absolute atomic E-state index is 13.1. The van der Waals surface area contributed by atoms with Crippen LogP contribution in [0.1, 0.15) is 12.5 Å². The molecule has 2 aliphatic heterocycles. The van der Waals surface area contributed by atoms with E-state index in [1.807, 2.05) is 37.3 Å². The highest BCUT2D eigenvalue weighted by molar-refractivity contribution is 8.18. The van der Waals surface area contributed by atoms with Gasteiger partial charge in [0.15, 0.2) is 16.7 Å². The zero-order valence-electron chi connectivity index (χ0n) is 17.4. The lowest BCUT2D eigenvalue weighted by atomic mass is 10.1. The van der Waals surface area contributed by atoms with Crippen molar-refractivity contribution in [1.82, 2.24) is 4.90 Å². The lowest BCUT2D eigenvalue weighted by Crippen LogP contribution is -2.30. The normalized spacial score (nSPS) is 17.6. The monoisotopic (exact) mass is 442 g/mol. The Hall–Kier alpha value is -3.17. The largest absolute Gasteiger partial charge is 0.497 e. The molecule has 2 heterocycles. The van der Waals surface area contributed by atoms with Gasteiger partial charge in [-0.15, -0.1) is 0 Å². The summed E-state index contributed by atoms with van der Waals surface area (Å²) in [6.07, 6.45) is 1.78. The summed E-state index contributed by atoms with van der Waals surface area (Å²) in [4.78, 5) is 19.7. The molecule has 0 N–H and O–H groups in total. The molecule has 1 amide bonds. The van der Waals surface area contributed by atoms with E-state index in [0.717, 1.165) is 11.3 Å². The number of hydrogen-bond donors (Lipinski definition) is 0. The first-order valence-electron chi connectivity index (χ1n) is 9.62. The third kappa shape index (κ3) is 4.47. The molecule has 0 spiro atoms. The predicted molar refractivity (Wildman–Crippen MR) is 118 cm³/mol. The molecule has 2 aliphatic rings. The number of amidine groups is 1. The standard InChI is InChI=1S/C22H22N2O6S/c1-4-28-17-11-19-18(29-13-30-19)9-14(17)10-20-21(25)24(12-26-2)22(31-20)23-15-5-7-16(27-3)8-6-15/h5-11H,4,12-13H2,1-3H3/b20-10+,23-22?. The number of benzene rings is 2. The molecule has 0 radical (unpaired) electrons. The van der Waals surface area contributed by atoms with Gasteiger partial charge in [0.2, 0.25) is 6.79 Å². The van der Waals surface area contributed by atoms with E-state index in [1.165, 1.54) is 23.8 Å².